The Morgan fingerprint density at radius 1 is 0.833 bits per heavy atom. The van der Waals surface area contributed by atoms with Gasteiger partial charge in [0.05, 0.1) is 12.2 Å². The van der Waals surface area contributed by atoms with Gasteiger partial charge in [-0.15, -0.1) is 0 Å². The molecule has 1 aliphatic rings. The highest BCUT2D eigenvalue weighted by Gasteiger charge is 2.20. The van der Waals surface area contributed by atoms with Crippen LogP contribution in [-0.2, 0) is 6.42 Å². The van der Waals surface area contributed by atoms with Crippen LogP contribution >= 0.6 is 0 Å². The highest BCUT2D eigenvalue weighted by molar-refractivity contribution is 5.91. The van der Waals surface area contributed by atoms with Crippen LogP contribution in [0.5, 0.6) is 11.5 Å². The standard InChI is InChI=1S/C33H48O3/c1-4-9-27-11-13-28(14-12-27)15-16-29-17-21-32(22-18-29)36-33(34)30-19-23-31(24-20-30)35-25-8-6-7-10-26(3)5-2/h17-24,26-28H,4-16,25H2,1-3H3/t26-,27-,28-/m0/s1. The van der Waals surface area contributed by atoms with Crippen molar-refractivity contribution >= 4 is 5.97 Å². The number of benzene rings is 2. The Morgan fingerprint density at radius 2 is 1.47 bits per heavy atom. The third-order valence-corrected chi connectivity index (χ3v) is 8.04. The first-order chi connectivity index (χ1) is 17.6. The zero-order valence-corrected chi connectivity index (χ0v) is 23.0. The van der Waals surface area contributed by atoms with Gasteiger partial charge in [0.15, 0.2) is 0 Å². The van der Waals surface area contributed by atoms with E-state index in [0.29, 0.717) is 11.3 Å². The first-order valence-corrected chi connectivity index (χ1v) is 14.6. The van der Waals surface area contributed by atoms with E-state index in [-0.39, 0.29) is 5.97 Å². The molecule has 1 saturated carbocycles. The highest BCUT2D eigenvalue weighted by Crippen LogP contribution is 2.34. The molecule has 0 aromatic heterocycles. The maximum absolute atomic E-state index is 12.6. The minimum absolute atomic E-state index is 0.330. The quantitative estimate of drug-likeness (QED) is 0.141. The molecule has 0 bridgehead atoms. The zero-order chi connectivity index (χ0) is 25.6. The summed E-state index contributed by atoms with van der Waals surface area (Å²) in [6, 6.07) is 15.3. The number of rotatable bonds is 15. The van der Waals surface area contributed by atoms with Crippen molar-refractivity contribution in [2.75, 3.05) is 6.61 Å². The second-order valence-electron chi connectivity index (χ2n) is 11.0. The fraction of sp³-hybridized carbons (Fsp3) is 0.606. The molecule has 0 unspecified atom stereocenters. The van der Waals surface area contributed by atoms with E-state index in [2.05, 4.69) is 32.9 Å². The molecule has 198 valence electrons. The number of aryl methyl sites for hydroxylation is 1. The minimum atomic E-state index is -0.330. The van der Waals surface area contributed by atoms with Gasteiger partial charge >= 0.3 is 5.97 Å². The number of hydrogen-bond acceptors (Lipinski definition) is 3. The van der Waals surface area contributed by atoms with E-state index in [0.717, 1.165) is 43.0 Å². The maximum atomic E-state index is 12.6. The van der Waals surface area contributed by atoms with Gasteiger partial charge in [-0.05, 0) is 79.0 Å². The normalized spacial score (nSPS) is 18.5. The van der Waals surface area contributed by atoms with Crippen LogP contribution in [0.3, 0.4) is 0 Å². The lowest BCUT2D eigenvalue weighted by molar-refractivity contribution is 0.0734. The second kappa shape index (κ2) is 15.7. The topological polar surface area (TPSA) is 35.5 Å². The van der Waals surface area contributed by atoms with Gasteiger partial charge in [0, 0.05) is 0 Å². The number of unbranched alkanes of at least 4 members (excludes halogenated alkanes) is 2. The van der Waals surface area contributed by atoms with Crippen molar-refractivity contribution in [3.8, 4) is 11.5 Å². The van der Waals surface area contributed by atoms with Crippen molar-refractivity contribution in [1.29, 1.82) is 0 Å². The van der Waals surface area contributed by atoms with Crippen molar-refractivity contribution in [2.45, 2.75) is 104 Å². The monoisotopic (exact) mass is 492 g/mol. The molecule has 0 spiro atoms. The molecule has 3 rings (SSSR count). The molecule has 0 aliphatic heterocycles. The van der Waals surface area contributed by atoms with Crippen molar-refractivity contribution in [3.05, 3.63) is 59.7 Å². The summed E-state index contributed by atoms with van der Waals surface area (Å²) in [5.74, 6) is 3.73. The fourth-order valence-corrected chi connectivity index (χ4v) is 5.33. The average molecular weight is 493 g/mol. The molecule has 1 aliphatic carbocycles. The lowest BCUT2D eigenvalue weighted by atomic mass is 9.78. The Bertz CT molecular complexity index is 863. The van der Waals surface area contributed by atoms with Crippen LogP contribution in [-0.4, -0.2) is 12.6 Å². The largest absolute Gasteiger partial charge is 0.494 e. The maximum Gasteiger partial charge on any atom is 0.343 e. The average Bonchev–Trinajstić information content (AvgIpc) is 2.91. The van der Waals surface area contributed by atoms with Crippen molar-refractivity contribution in [3.63, 3.8) is 0 Å². The van der Waals surface area contributed by atoms with E-state index in [4.69, 9.17) is 9.47 Å². The molecular formula is C33H48O3. The van der Waals surface area contributed by atoms with Crippen molar-refractivity contribution in [2.24, 2.45) is 17.8 Å². The molecule has 0 radical (unpaired) electrons. The van der Waals surface area contributed by atoms with Crippen molar-refractivity contribution in [1.82, 2.24) is 0 Å². The summed E-state index contributed by atoms with van der Waals surface area (Å²) in [5.41, 5.74) is 1.87. The molecule has 1 atom stereocenters. The second-order valence-corrected chi connectivity index (χ2v) is 11.0. The summed E-state index contributed by atoms with van der Waals surface area (Å²) in [5, 5.41) is 0. The van der Waals surface area contributed by atoms with Crippen LogP contribution in [0.25, 0.3) is 0 Å². The highest BCUT2D eigenvalue weighted by atomic mass is 16.5. The third kappa shape index (κ3) is 9.99. The van der Waals surface area contributed by atoms with E-state index >= 15 is 0 Å². The van der Waals surface area contributed by atoms with E-state index in [1.165, 1.54) is 76.2 Å². The molecule has 3 nitrogen and oxygen atoms in total. The van der Waals surface area contributed by atoms with E-state index < -0.39 is 0 Å². The number of carbonyl (C=O) groups excluding carboxylic acids is 1. The molecule has 1 fully saturated rings. The third-order valence-electron chi connectivity index (χ3n) is 8.04. The number of ether oxygens (including phenoxy) is 2. The Labute approximate surface area is 220 Å². The van der Waals surface area contributed by atoms with Gasteiger partial charge in [0.2, 0.25) is 0 Å². The predicted octanol–water partition coefficient (Wildman–Crippen LogP) is 9.43. The Kier molecular flexibility index (Phi) is 12.4. The van der Waals surface area contributed by atoms with Crippen LogP contribution in [0.2, 0.25) is 0 Å². The molecular weight excluding hydrogens is 444 g/mol. The van der Waals surface area contributed by atoms with Crippen LogP contribution in [0.4, 0.5) is 0 Å². The van der Waals surface area contributed by atoms with Gasteiger partial charge in [0.1, 0.15) is 11.5 Å². The Hall–Kier alpha value is -2.29. The molecule has 2 aromatic carbocycles. The summed E-state index contributed by atoms with van der Waals surface area (Å²) in [7, 11) is 0. The van der Waals surface area contributed by atoms with Crippen LogP contribution in [0.15, 0.2) is 48.5 Å². The van der Waals surface area contributed by atoms with Gasteiger partial charge in [0.25, 0.3) is 0 Å². The van der Waals surface area contributed by atoms with E-state index in [1.54, 1.807) is 12.1 Å². The zero-order valence-electron chi connectivity index (χ0n) is 23.0. The molecule has 0 heterocycles. The summed E-state index contributed by atoms with van der Waals surface area (Å²) < 4.78 is 11.4. The summed E-state index contributed by atoms with van der Waals surface area (Å²) in [4.78, 5) is 12.6. The van der Waals surface area contributed by atoms with Gasteiger partial charge in [-0.1, -0.05) is 97.1 Å². The minimum Gasteiger partial charge on any atom is -0.494 e. The smallest absolute Gasteiger partial charge is 0.343 e. The first kappa shape index (κ1) is 28.3. The first-order valence-electron chi connectivity index (χ1n) is 14.6. The van der Waals surface area contributed by atoms with Crippen LogP contribution in [0.1, 0.15) is 114 Å². The SMILES string of the molecule is CCC[C@H]1CC[C@H](CCc2ccc(OC(=O)c3ccc(OCCCCC[C@@H](C)CC)cc3)cc2)CC1. The van der Waals surface area contributed by atoms with Gasteiger partial charge < -0.3 is 9.47 Å². The lowest BCUT2D eigenvalue weighted by Gasteiger charge is -2.28. The number of hydrogen-bond donors (Lipinski definition) is 0. The van der Waals surface area contributed by atoms with Crippen molar-refractivity contribution < 1.29 is 14.3 Å². The molecule has 3 heteroatoms. The molecule has 36 heavy (non-hydrogen) atoms. The molecule has 2 aromatic rings. The summed E-state index contributed by atoms with van der Waals surface area (Å²) >= 11 is 0. The van der Waals surface area contributed by atoms with Gasteiger partial charge in [-0.2, -0.15) is 0 Å². The van der Waals surface area contributed by atoms with Crippen LogP contribution < -0.4 is 9.47 Å². The summed E-state index contributed by atoms with van der Waals surface area (Å²) in [6.45, 7) is 7.59. The summed E-state index contributed by atoms with van der Waals surface area (Å²) in [6.07, 6.45) is 16.8. The van der Waals surface area contributed by atoms with Gasteiger partial charge in [-0.25, -0.2) is 4.79 Å². The molecule has 0 saturated heterocycles. The molecule has 0 amide bonds. The van der Waals surface area contributed by atoms with Crippen LogP contribution in [0, 0.1) is 17.8 Å². The molecule has 0 N–H and O–H groups in total. The fourth-order valence-electron chi connectivity index (χ4n) is 5.33. The number of carbonyl (C=O) groups is 1. The lowest BCUT2D eigenvalue weighted by Crippen LogP contribution is -2.15. The Morgan fingerprint density at radius 3 is 2.11 bits per heavy atom. The van der Waals surface area contributed by atoms with E-state index in [9.17, 15) is 4.79 Å². The van der Waals surface area contributed by atoms with E-state index in [1.807, 2.05) is 24.3 Å². The number of esters is 1. The van der Waals surface area contributed by atoms with Gasteiger partial charge in [-0.3, -0.25) is 0 Å². The predicted molar refractivity (Wildman–Crippen MR) is 150 cm³/mol. The Balaban J connectivity index is 1.34.